The molecule has 0 saturated carbocycles. The lowest BCUT2D eigenvalue weighted by atomic mass is 10.1. The molecule has 2 unspecified atom stereocenters. The minimum absolute atomic E-state index is 0.0195. The topological polar surface area (TPSA) is 289 Å². The van der Waals surface area contributed by atoms with E-state index in [2.05, 4.69) is 98.0 Å². The first kappa shape index (κ1) is 47.7. The van der Waals surface area contributed by atoms with Crippen molar-refractivity contribution in [3.63, 3.8) is 0 Å². The number of carbonyl (C=O) groups excluding carboxylic acids is 2. The quantitative estimate of drug-likeness (QED) is 0.158. The summed E-state index contributed by atoms with van der Waals surface area (Å²) in [7, 11) is 0. The Hall–Kier alpha value is -7.32. The Labute approximate surface area is 421 Å². The number of hydrogen-bond acceptors (Lipinski definition) is 18. The summed E-state index contributed by atoms with van der Waals surface area (Å²) in [6, 6.07) is 9.08. The van der Waals surface area contributed by atoms with E-state index in [1.807, 2.05) is 17.0 Å². The number of benzene rings is 3. The number of aliphatic carboxylic acids is 3. The van der Waals surface area contributed by atoms with Crippen molar-refractivity contribution in [1.29, 1.82) is 0 Å². The summed E-state index contributed by atoms with van der Waals surface area (Å²) in [5.74, 6) is -1.84. The SMILES string of the molecule is O=C(O)C1CC(=O)N2CCN=C2N1c1ccc2nccnc2c1Br.O=C(O)CC1C(=O)N2CCN=C2N1c1ccc2nccnc2c1Br.O=C(O)CCN(C1=NCCN1)c1ccc2nccnc2c1Br. The van der Waals surface area contributed by atoms with Gasteiger partial charge in [0.2, 0.25) is 17.8 Å². The van der Waals surface area contributed by atoms with E-state index in [1.54, 1.807) is 76.1 Å². The molecule has 11 rings (SSSR count). The van der Waals surface area contributed by atoms with Crippen molar-refractivity contribution in [2.24, 2.45) is 15.0 Å². The normalized spacial score (nSPS) is 18.1. The van der Waals surface area contributed by atoms with Crippen molar-refractivity contribution in [3.8, 4) is 0 Å². The van der Waals surface area contributed by atoms with E-state index in [4.69, 9.17) is 5.11 Å². The molecule has 0 aliphatic carbocycles. The van der Waals surface area contributed by atoms with Gasteiger partial charge < -0.3 is 25.5 Å². The van der Waals surface area contributed by atoms with Gasteiger partial charge in [-0.1, -0.05) is 0 Å². The summed E-state index contributed by atoms with van der Waals surface area (Å²) >= 11 is 10.6. The number of aliphatic imine (C=N–C) groups is 3. The van der Waals surface area contributed by atoms with Crippen molar-refractivity contribution in [1.82, 2.24) is 45.0 Å². The first-order chi connectivity index (χ1) is 33.8. The Kier molecular flexibility index (Phi) is 13.9. The second-order valence-electron chi connectivity index (χ2n) is 15.7. The molecule has 0 bridgehead atoms. The van der Waals surface area contributed by atoms with Gasteiger partial charge in [-0.05, 0) is 84.2 Å². The molecular weight excluding hydrogens is 1110 g/mol. The van der Waals surface area contributed by atoms with Crippen LogP contribution in [0.15, 0.2) is 102 Å². The molecule has 2 saturated heterocycles. The number of anilines is 3. The van der Waals surface area contributed by atoms with E-state index in [0.717, 1.165) is 27.7 Å². The minimum Gasteiger partial charge on any atom is -0.481 e. The second-order valence-corrected chi connectivity index (χ2v) is 18.1. The molecule has 0 spiro atoms. The van der Waals surface area contributed by atoms with Gasteiger partial charge in [-0.3, -0.25) is 83.7 Å². The van der Waals surface area contributed by atoms with E-state index < -0.39 is 30.0 Å². The van der Waals surface area contributed by atoms with Crippen LogP contribution in [0.2, 0.25) is 0 Å². The fourth-order valence-corrected chi connectivity index (χ4v) is 10.3. The molecule has 23 nitrogen and oxygen atoms in total. The fraction of sp³-hybridized carbons (Fsp3) is 0.273. The summed E-state index contributed by atoms with van der Waals surface area (Å²) < 4.78 is 2.07. The summed E-state index contributed by atoms with van der Waals surface area (Å²) in [6.07, 6.45) is 9.25. The lowest BCUT2D eigenvalue weighted by Gasteiger charge is -2.39. The van der Waals surface area contributed by atoms with Crippen LogP contribution < -0.4 is 20.0 Å². The smallest absolute Gasteiger partial charge is 0.327 e. The van der Waals surface area contributed by atoms with Gasteiger partial charge >= 0.3 is 17.9 Å². The van der Waals surface area contributed by atoms with E-state index >= 15 is 0 Å². The Morgan fingerprint density at radius 2 is 1.17 bits per heavy atom. The van der Waals surface area contributed by atoms with Crippen molar-refractivity contribution in [2.75, 3.05) is 60.5 Å². The molecule has 6 aromatic rings. The predicted octanol–water partition coefficient (Wildman–Crippen LogP) is 4.14. The van der Waals surface area contributed by atoms with Crippen LogP contribution in [0.3, 0.4) is 0 Å². The lowest BCUT2D eigenvalue weighted by molar-refractivity contribution is -0.142. The molecule has 70 heavy (non-hydrogen) atoms. The van der Waals surface area contributed by atoms with Gasteiger partial charge in [0.25, 0.3) is 5.91 Å². The highest BCUT2D eigenvalue weighted by molar-refractivity contribution is 9.11. The van der Waals surface area contributed by atoms with Gasteiger partial charge in [-0.15, -0.1) is 0 Å². The lowest BCUT2D eigenvalue weighted by Crippen LogP contribution is -2.59. The van der Waals surface area contributed by atoms with Crippen LogP contribution in [0.5, 0.6) is 0 Å². The highest BCUT2D eigenvalue weighted by Crippen LogP contribution is 2.39. The first-order valence-electron chi connectivity index (χ1n) is 21.5. The van der Waals surface area contributed by atoms with Crippen LogP contribution in [-0.4, -0.2) is 161 Å². The molecule has 5 aliphatic heterocycles. The molecule has 3 aromatic heterocycles. The monoisotopic (exact) mass is 1140 g/mol. The number of aromatic nitrogens is 6. The standard InChI is InChI=1S/2C15H12BrN5O3.C14H14BrN5O2/c16-12-9(2-1-8-13(12)18-4-3-17-8)21-10(7-11(22)23)14(24)20-6-5-19-15(20)21;16-12-9(2-1-8-13(12)18-4-3-17-8)21-10(14(23)24)7-11(22)20-6-5-19-15(20)21;15-12-10(2-1-9-13(12)17-5-4-16-9)20(8-3-11(21)22)14-18-6-7-19-14/h1-4,10H,5-7H2,(H,22,23);1-4,10H,5-7H2,(H,23,24);1-2,4-5H,3,6-8H2,(H,18,19)(H,21,22). The number of halogens is 3. The molecule has 358 valence electrons. The van der Waals surface area contributed by atoms with Crippen molar-refractivity contribution in [2.45, 2.75) is 31.3 Å². The molecule has 2 amide bonds. The van der Waals surface area contributed by atoms with Crippen LogP contribution in [0.25, 0.3) is 33.1 Å². The van der Waals surface area contributed by atoms with Crippen molar-refractivity contribution >= 4 is 146 Å². The number of carbonyl (C=O) groups is 5. The highest BCUT2D eigenvalue weighted by atomic mass is 79.9. The van der Waals surface area contributed by atoms with E-state index in [0.29, 0.717) is 99.5 Å². The second kappa shape index (κ2) is 20.3. The third-order valence-electron chi connectivity index (χ3n) is 11.5. The third-order valence-corrected chi connectivity index (χ3v) is 13.9. The number of fused-ring (bicyclic) bond motifs is 5. The van der Waals surface area contributed by atoms with Crippen LogP contribution in [0.1, 0.15) is 19.3 Å². The molecule has 2 atom stereocenters. The Bertz CT molecular complexity index is 3220. The minimum atomic E-state index is -1.07. The third kappa shape index (κ3) is 9.27. The predicted molar refractivity (Wildman–Crippen MR) is 267 cm³/mol. The maximum atomic E-state index is 12.6. The number of amides is 2. The number of hydrogen-bond donors (Lipinski definition) is 4. The van der Waals surface area contributed by atoms with Crippen LogP contribution in [-0.2, 0) is 24.0 Å². The maximum absolute atomic E-state index is 12.6. The summed E-state index contributed by atoms with van der Waals surface area (Å²) in [5.41, 5.74) is 6.27. The fourth-order valence-electron chi connectivity index (χ4n) is 8.43. The average Bonchev–Trinajstić information content (AvgIpc) is 4.20. The Morgan fingerprint density at radius 3 is 1.71 bits per heavy atom. The van der Waals surface area contributed by atoms with Gasteiger partial charge in [-0.25, -0.2) is 4.79 Å². The largest absolute Gasteiger partial charge is 0.481 e. The van der Waals surface area contributed by atoms with Gasteiger partial charge in [0.1, 0.15) is 28.6 Å². The number of rotatable bonds is 9. The van der Waals surface area contributed by atoms with E-state index in [9.17, 15) is 34.2 Å². The number of nitrogens with zero attached hydrogens (tertiary/aromatic N) is 14. The molecule has 3 aromatic carbocycles. The van der Waals surface area contributed by atoms with Crippen LogP contribution in [0, 0.1) is 0 Å². The van der Waals surface area contributed by atoms with Crippen LogP contribution >= 0.6 is 47.8 Å². The van der Waals surface area contributed by atoms with Crippen LogP contribution in [0.4, 0.5) is 17.1 Å². The van der Waals surface area contributed by atoms with E-state index in [1.165, 1.54) is 4.90 Å². The highest BCUT2D eigenvalue weighted by Gasteiger charge is 2.48. The average molecular weight is 1140 g/mol. The number of guanidine groups is 3. The Morgan fingerprint density at radius 1 is 0.643 bits per heavy atom. The molecule has 2 fully saturated rings. The summed E-state index contributed by atoms with van der Waals surface area (Å²) in [6.45, 7) is 3.70. The number of carboxylic acid groups (broad SMARTS) is 3. The molecular formula is C44H38Br3N15O8. The summed E-state index contributed by atoms with van der Waals surface area (Å²) in [5, 5.41) is 30.9. The molecule has 8 heterocycles. The maximum Gasteiger partial charge on any atom is 0.327 e. The molecule has 0 radical (unpaired) electrons. The van der Waals surface area contributed by atoms with Gasteiger partial charge in [0, 0.05) is 63.4 Å². The zero-order chi connectivity index (χ0) is 49.2. The van der Waals surface area contributed by atoms with Gasteiger partial charge in [-0.2, -0.15) is 0 Å². The first-order valence-corrected chi connectivity index (χ1v) is 23.9. The summed E-state index contributed by atoms with van der Waals surface area (Å²) in [4.78, 5) is 106. The van der Waals surface area contributed by atoms with Crippen molar-refractivity contribution in [3.05, 3.63) is 87.0 Å². The zero-order valence-electron chi connectivity index (χ0n) is 36.4. The Balaban J connectivity index is 0.000000131. The van der Waals surface area contributed by atoms with Crippen molar-refractivity contribution < 1.29 is 39.3 Å². The molecule has 26 heteroatoms. The number of carboxylic acids is 3. The zero-order valence-corrected chi connectivity index (χ0v) is 41.2. The van der Waals surface area contributed by atoms with Gasteiger partial charge in [0.15, 0.2) is 5.96 Å². The van der Waals surface area contributed by atoms with E-state index in [-0.39, 0.29) is 31.1 Å². The molecule has 4 N–H and O–H groups in total. The van der Waals surface area contributed by atoms with Gasteiger partial charge in [0.05, 0.1) is 85.9 Å². The number of nitrogens with one attached hydrogen (secondary N) is 1. The molecule has 5 aliphatic rings.